The first kappa shape index (κ1) is 11.3. The molecule has 0 fully saturated rings. The van der Waals surface area contributed by atoms with Crippen LogP contribution in [0.3, 0.4) is 0 Å². The summed E-state index contributed by atoms with van der Waals surface area (Å²) in [6.45, 7) is 4.26. The highest BCUT2D eigenvalue weighted by atomic mass is 32.1. The maximum absolute atomic E-state index is 4.21. The predicted octanol–water partition coefficient (Wildman–Crippen LogP) is 3.07. The molecule has 0 aromatic carbocycles. The van der Waals surface area contributed by atoms with Crippen LogP contribution in [0.15, 0.2) is 29.9 Å². The summed E-state index contributed by atoms with van der Waals surface area (Å²) < 4.78 is 0. The summed E-state index contributed by atoms with van der Waals surface area (Å²) in [4.78, 5) is 5.55. The van der Waals surface area contributed by atoms with Crippen molar-refractivity contribution in [3.05, 3.63) is 51.5 Å². The molecule has 84 valence electrons. The third kappa shape index (κ3) is 2.15. The highest BCUT2D eigenvalue weighted by Crippen LogP contribution is 2.27. The van der Waals surface area contributed by atoms with Gasteiger partial charge in [-0.3, -0.25) is 4.98 Å². The lowest BCUT2D eigenvalue weighted by atomic mass is 9.99. The van der Waals surface area contributed by atoms with E-state index in [1.54, 1.807) is 11.3 Å². The van der Waals surface area contributed by atoms with Crippen molar-refractivity contribution in [2.75, 3.05) is 7.05 Å². The highest BCUT2D eigenvalue weighted by molar-refractivity contribution is 7.10. The lowest BCUT2D eigenvalue weighted by molar-refractivity contribution is 0.686. The van der Waals surface area contributed by atoms with Gasteiger partial charge in [0.05, 0.1) is 6.04 Å². The third-order valence-electron chi connectivity index (χ3n) is 2.76. The van der Waals surface area contributed by atoms with Gasteiger partial charge in [-0.05, 0) is 55.1 Å². The second-order valence-corrected chi connectivity index (χ2v) is 5.06. The van der Waals surface area contributed by atoms with E-state index in [0.29, 0.717) is 0 Å². The number of nitrogens with one attached hydrogen (secondary N) is 1. The lowest BCUT2D eigenvalue weighted by Crippen LogP contribution is -2.18. The van der Waals surface area contributed by atoms with Gasteiger partial charge in [0.1, 0.15) is 0 Å². The summed E-state index contributed by atoms with van der Waals surface area (Å²) >= 11 is 1.79. The molecule has 16 heavy (non-hydrogen) atoms. The second-order valence-electron chi connectivity index (χ2n) is 3.94. The first-order valence-electron chi connectivity index (χ1n) is 5.35. The quantitative estimate of drug-likeness (QED) is 0.879. The van der Waals surface area contributed by atoms with Gasteiger partial charge in [-0.25, -0.2) is 0 Å². The molecule has 0 aliphatic rings. The van der Waals surface area contributed by atoms with Crippen molar-refractivity contribution in [2.45, 2.75) is 19.9 Å². The Morgan fingerprint density at radius 3 is 2.75 bits per heavy atom. The van der Waals surface area contributed by atoms with Crippen molar-refractivity contribution in [1.82, 2.24) is 10.3 Å². The highest BCUT2D eigenvalue weighted by Gasteiger charge is 2.15. The van der Waals surface area contributed by atoms with Crippen LogP contribution in [-0.2, 0) is 0 Å². The number of thiophene rings is 1. The second kappa shape index (κ2) is 4.76. The van der Waals surface area contributed by atoms with Gasteiger partial charge < -0.3 is 5.32 Å². The van der Waals surface area contributed by atoms with E-state index < -0.39 is 0 Å². The summed E-state index contributed by atoms with van der Waals surface area (Å²) in [5, 5.41) is 5.57. The SMILES string of the molecule is CNC(c1csc(C)c1)c1cnccc1C. The average Bonchev–Trinajstić information content (AvgIpc) is 2.69. The van der Waals surface area contributed by atoms with Crippen molar-refractivity contribution in [3.63, 3.8) is 0 Å². The molecule has 2 heterocycles. The average molecular weight is 232 g/mol. The Hall–Kier alpha value is -1.19. The van der Waals surface area contributed by atoms with Gasteiger partial charge in [-0.1, -0.05) is 0 Å². The predicted molar refractivity (Wildman–Crippen MR) is 68.9 cm³/mol. The van der Waals surface area contributed by atoms with Crippen LogP contribution in [0, 0.1) is 13.8 Å². The monoisotopic (exact) mass is 232 g/mol. The topological polar surface area (TPSA) is 24.9 Å². The standard InChI is InChI=1S/C13H16N2S/c1-9-4-5-15-7-12(9)13(14-3)11-6-10(2)16-8-11/h4-8,13-14H,1-3H3. The summed E-state index contributed by atoms with van der Waals surface area (Å²) in [7, 11) is 1.99. The molecule has 3 heteroatoms. The molecule has 0 radical (unpaired) electrons. The van der Waals surface area contributed by atoms with E-state index in [0.717, 1.165) is 0 Å². The van der Waals surface area contributed by atoms with Gasteiger partial charge in [-0.15, -0.1) is 11.3 Å². The Balaban J connectivity index is 2.40. The minimum Gasteiger partial charge on any atom is -0.309 e. The minimum absolute atomic E-state index is 0.249. The molecule has 1 atom stereocenters. The Labute approximate surface area is 100 Å². The van der Waals surface area contributed by atoms with Crippen molar-refractivity contribution >= 4 is 11.3 Å². The van der Waals surface area contributed by atoms with Gasteiger partial charge in [0.15, 0.2) is 0 Å². The lowest BCUT2D eigenvalue weighted by Gasteiger charge is -2.17. The van der Waals surface area contributed by atoms with Crippen molar-refractivity contribution in [2.24, 2.45) is 0 Å². The number of pyridine rings is 1. The van der Waals surface area contributed by atoms with E-state index in [4.69, 9.17) is 0 Å². The molecule has 2 rings (SSSR count). The van der Waals surface area contributed by atoms with E-state index in [9.17, 15) is 0 Å². The normalized spacial score (nSPS) is 12.7. The fraction of sp³-hybridized carbons (Fsp3) is 0.308. The fourth-order valence-electron chi connectivity index (χ4n) is 1.90. The summed E-state index contributed by atoms with van der Waals surface area (Å²) in [6, 6.07) is 4.54. The molecule has 2 aromatic rings. The molecule has 1 unspecified atom stereocenters. The largest absolute Gasteiger partial charge is 0.309 e. The molecule has 0 saturated carbocycles. The molecular formula is C13H16N2S. The Morgan fingerprint density at radius 2 is 2.19 bits per heavy atom. The van der Waals surface area contributed by atoms with Gasteiger partial charge in [-0.2, -0.15) is 0 Å². The molecule has 1 N–H and O–H groups in total. The summed E-state index contributed by atoms with van der Waals surface area (Å²) in [5.74, 6) is 0. The van der Waals surface area contributed by atoms with Gasteiger partial charge in [0, 0.05) is 17.3 Å². The van der Waals surface area contributed by atoms with Crippen molar-refractivity contribution in [1.29, 1.82) is 0 Å². The van der Waals surface area contributed by atoms with Crippen LogP contribution in [0.4, 0.5) is 0 Å². The summed E-state index contributed by atoms with van der Waals surface area (Å²) in [6.07, 6.45) is 3.79. The fourth-order valence-corrected chi connectivity index (χ4v) is 2.63. The van der Waals surface area contributed by atoms with E-state index in [1.807, 2.05) is 19.4 Å². The minimum atomic E-state index is 0.249. The van der Waals surface area contributed by atoms with E-state index in [1.165, 1.54) is 21.6 Å². The maximum atomic E-state index is 4.21. The summed E-state index contributed by atoms with van der Waals surface area (Å²) in [5.41, 5.74) is 3.85. The molecule has 0 aliphatic heterocycles. The van der Waals surface area contributed by atoms with Crippen LogP contribution in [0.1, 0.15) is 27.6 Å². The van der Waals surface area contributed by atoms with E-state index >= 15 is 0 Å². The zero-order valence-corrected chi connectivity index (χ0v) is 10.6. The van der Waals surface area contributed by atoms with Crippen molar-refractivity contribution in [3.8, 4) is 0 Å². The van der Waals surface area contributed by atoms with Crippen LogP contribution in [0.5, 0.6) is 0 Å². The van der Waals surface area contributed by atoms with Gasteiger partial charge in [0.25, 0.3) is 0 Å². The first-order valence-corrected chi connectivity index (χ1v) is 6.23. The van der Waals surface area contributed by atoms with Crippen LogP contribution >= 0.6 is 11.3 Å². The van der Waals surface area contributed by atoms with Crippen LogP contribution in [0.25, 0.3) is 0 Å². The van der Waals surface area contributed by atoms with Crippen LogP contribution in [-0.4, -0.2) is 12.0 Å². The Morgan fingerprint density at radius 1 is 1.38 bits per heavy atom. The number of nitrogens with zero attached hydrogens (tertiary/aromatic N) is 1. The first-order chi connectivity index (χ1) is 7.72. The molecule has 0 aliphatic carbocycles. The molecule has 0 spiro atoms. The smallest absolute Gasteiger partial charge is 0.0600 e. The Bertz CT molecular complexity index is 476. The zero-order chi connectivity index (χ0) is 11.5. The van der Waals surface area contributed by atoms with Crippen molar-refractivity contribution < 1.29 is 0 Å². The molecule has 0 saturated heterocycles. The van der Waals surface area contributed by atoms with Crippen LogP contribution in [0.2, 0.25) is 0 Å². The molecule has 2 aromatic heterocycles. The molecule has 0 bridgehead atoms. The third-order valence-corrected chi connectivity index (χ3v) is 3.64. The van der Waals surface area contributed by atoms with Gasteiger partial charge in [0.2, 0.25) is 0 Å². The number of rotatable bonds is 3. The Kier molecular flexibility index (Phi) is 3.36. The number of hydrogen-bond donors (Lipinski definition) is 1. The van der Waals surface area contributed by atoms with Gasteiger partial charge >= 0.3 is 0 Å². The van der Waals surface area contributed by atoms with E-state index in [-0.39, 0.29) is 6.04 Å². The van der Waals surface area contributed by atoms with Crippen LogP contribution < -0.4 is 5.32 Å². The molecule has 0 amide bonds. The molecule has 2 nitrogen and oxygen atoms in total. The number of aryl methyl sites for hydroxylation is 2. The zero-order valence-electron chi connectivity index (χ0n) is 9.82. The number of aromatic nitrogens is 1. The maximum Gasteiger partial charge on any atom is 0.0600 e. The molecular weight excluding hydrogens is 216 g/mol. The number of hydrogen-bond acceptors (Lipinski definition) is 3. The van der Waals surface area contributed by atoms with E-state index in [2.05, 4.69) is 41.7 Å².